The summed E-state index contributed by atoms with van der Waals surface area (Å²) >= 11 is 0. The van der Waals surface area contributed by atoms with E-state index < -0.39 is 35.3 Å². The van der Waals surface area contributed by atoms with Crippen molar-refractivity contribution in [2.45, 2.75) is 6.44 Å². The first-order valence-corrected chi connectivity index (χ1v) is 3.90. The first-order valence-electron chi connectivity index (χ1n) is 3.90. The molecule has 0 radical (unpaired) electrons. The second-order valence-electron chi connectivity index (χ2n) is 2.89. The van der Waals surface area contributed by atoms with Crippen LogP contribution in [0.5, 0.6) is 0 Å². The average molecular weight is 277 g/mol. The van der Waals surface area contributed by atoms with E-state index >= 15 is 0 Å². The van der Waals surface area contributed by atoms with E-state index in [0.717, 1.165) is 0 Å². The fourth-order valence-electron chi connectivity index (χ4n) is 0.987. The Balaban J connectivity index is 0.00000256. The Hall–Kier alpha value is -0.429. The van der Waals surface area contributed by atoms with Gasteiger partial charge < -0.3 is 17.5 Å². The van der Waals surface area contributed by atoms with Crippen molar-refractivity contribution in [3.8, 4) is 0 Å². The molecular formula is C5H4BF3KN3O4. The standard InChI is InChI=1S/C5H4BF3N3O4.K/c7-6(8,9)2-11-1-3(12(15)16)4(13)10-5(11)14;/h1H,2H2,(H,10,13,14);/q-1;+1. The van der Waals surface area contributed by atoms with Crippen LogP contribution in [0.1, 0.15) is 0 Å². The van der Waals surface area contributed by atoms with Gasteiger partial charge in [0.05, 0.1) is 11.1 Å². The predicted molar refractivity (Wildman–Crippen MR) is 47.1 cm³/mol. The van der Waals surface area contributed by atoms with Gasteiger partial charge in [-0.15, -0.1) is 0 Å². The van der Waals surface area contributed by atoms with Gasteiger partial charge in [-0.3, -0.25) is 19.9 Å². The zero-order valence-electron chi connectivity index (χ0n) is 8.52. The van der Waals surface area contributed by atoms with E-state index in [9.17, 15) is 32.7 Å². The maximum Gasteiger partial charge on any atom is 1.00 e. The number of nitrogens with zero attached hydrogens (tertiary/aromatic N) is 2. The summed E-state index contributed by atoms with van der Waals surface area (Å²) in [6, 6.07) is 0. The molecule has 12 heteroatoms. The first-order chi connectivity index (χ1) is 7.20. The van der Waals surface area contributed by atoms with E-state index in [2.05, 4.69) is 0 Å². The summed E-state index contributed by atoms with van der Waals surface area (Å²) in [5.74, 6) is 0. The fourth-order valence-corrected chi connectivity index (χ4v) is 0.987. The number of aromatic amines is 1. The molecule has 0 aliphatic carbocycles. The Bertz CT molecular complexity index is 538. The van der Waals surface area contributed by atoms with Gasteiger partial charge in [0.15, 0.2) is 0 Å². The van der Waals surface area contributed by atoms with Gasteiger partial charge in [0.25, 0.3) is 0 Å². The zero-order valence-corrected chi connectivity index (χ0v) is 11.6. The summed E-state index contributed by atoms with van der Waals surface area (Å²) in [5.41, 5.74) is -3.78. The van der Waals surface area contributed by atoms with Crippen LogP contribution in [-0.2, 0) is 6.44 Å². The van der Waals surface area contributed by atoms with Crippen LogP contribution in [0, 0.1) is 10.1 Å². The van der Waals surface area contributed by atoms with Gasteiger partial charge >= 0.3 is 75.3 Å². The third kappa shape index (κ3) is 4.75. The van der Waals surface area contributed by atoms with E-state index in [0.29, 0.717) is 0 Å². The molecule has 0 saturated carbocycles. The molecule has 7 nitrogen and oxygen atoms in total. The molecule has 1 heterocycles. The Morgan fingerprint density at radius 3 is 2.35 bits per heavy atom. The Morgan fingerprint density at radius 1 is 1.41 bits per heavy atom. The molecule has 0 bridgehead atoms. The molecule has 88 valence electrons. The number of nitro groups is 1. The van der Waals surface area contributed by atoms with E-state index in [-0.39, 0.29) is 62.1 Å². The SMILES string of the molecule is O=c1[nH]c(=O)n(C[B-](F)(F)F)cc1[N+](=O)[O-].[K+]. The molecule has 1 N–H and O–H groups in total. The number of aromatic nitrogens is 2. The minimum absolute atomic E-state index is 0. The minimum Gasteiger partial charge on any atom is -0.448 e. The second-order valence-corrected chi connectivity index (χ2v) is 2.89. The van der Waals surface area contributed by atoms with Crippen molar-refractivity contribution in [1.82, 2.24) is 9.55 Å². The van der Waals surface area contributed by atoms with E-state index in [1.807, 2.05) is 0 Å². The third-order valence-electron chi connectivity index (χ3n) is 1.59. The number of H-pyrrole nitrogens is 1. The monoisotopic (exact) mass is 277 g/mol. The summed E-state index contributed by atoms with van der Waals surface area (Å²) < 4.78 is 36.0. The molecule has 0 amide bonds. The molecule has 1 rings (SSSR count). The van der Waals surface area contributed by atoms with Gasteiger partial charge in [0.2, 0.25) is 0 Å². The van der Waals surface area contributed by atoms with E-state index in [1.165, 1.54) is 4.98 Å². The average Bonchev–Trinajstić information content (AvgIpc) is 2.07. The number of rotatable bonds is 3. The maximum atomic E-state index is 12.0. The third-order valence-corrected chi connectivity index (χ3v) is 1.59. The number of hydrogen-bond donors (Lipinski definition) is 1. The van der Waals surface area contributed by atoms with Crippen LogP contribution < -0.4 is 62.6 Å². The van der Waals surface area contributed by atoms with Gasteiger partial charge in [-0.2, -0.15) is 0 Å². The van der Waals surface area contributed by atoms with E-state index in [1.54, 1.807) is 0 Å². The molecule has 0 aliphatic rings. The molecule has 0 spiro atoms. The van der Waals surface area contributed by atoms with Gasteiger partial charge in [-0.05, 0) is 6.44 Å². The van der Waals surface area contributed by atoms with Crippen molar-refractivity contribution in [1.29, 1.82) is 0 Å². The topological polar surface area (TPSA) is 98.0 Å². The van der Waals surface area contributed by atoms with Crippen molar-refractivity contribution < 1.29 is 69.3 Å². The van der Waals surface area contributed by atoms with Crippen LogP contribution in [0.3, 0.4) is 0 Å². The van der Waals surface area contributed by atoms with Gasteiger partial charge in [-0.1, -0.05) is 0 Å². The molecule has 0 saturated heterocycles. The van der Waals surface area contributed by atoms with Crippen LogP contribution >= 0.6 is 0 Å². The van der Waals surface area contributed by atoms with Crippen molar-refractivity contribution in [3.63, 3.8) is 0 Å². The second kappa shape index (κ2) is 5.95. The summed E-state index contributed by atoms with van der Waals surface area (Å²) in [5, 5.41) is 10.2. The van der Waals surface area contributed by atoms with Gasteiger partial charge in [0.1, 0.15) is 0 Å². The summed E-state index contributed by atoms with van der Waals surface area (Å²) in [7, 11) is 0. The Labute approximate surface area is 134 Å². The smallest absolute Gasteiger partial charge is 0.448 e. The molecule has 1 aromatic heterocycles. The van der Waals surface area contributed by atoms with Crippen LogP contribution in [0.15, 0.2) is 15.8 Å². The molecule has 0 fully saturated rings. The predicted octanol–water partition coefficient (Wildman–Crippen LogP) is -3.16. The maximum absolute atomic E-state index is 12.0. The van der Waals surface area contributed by atoms with Gasteiger partial charge in [-0.25, -0.2) is 4.79 Å². The molecule has 0 aliphatic heterocycles. The first kappa shape index (κ1) is 16.6. The summed E-state index contributed by atoms with van der Waals surface area (Å²) in [6.07, 6.45) is -1.37. The van der Waals surface area contributed by atoms with Crippen molar-refractivity contribution in [3.05, 3.63) is 37.1 Å². The molecule has 0 unspecified atom stereocenters. The quantitative estimate of drug-likeness (QED) is 0.358. The zero-order chi connectivity index (χ0) is 12.5. The summed E-state index contributed by atoms with van der Waals surface area (Å²) in [4.78, 5) is 32.2. The van der Waals surface area contributed by atoms with Crippen molar-refractivity contribution in [2.75, 3.05) is 0 Å². The van der Waals surface area contributed by atoms with Crippen molar-refractivity contribution >= 4 is 12.7 Å². The minimum atomic E-state index is -5.33. The molecule has 0 aromatic carbocycles. The Kier molecular flexibility index (Phi) is 5.80. The van der Waals surface area contributed by atoms with Crippen LogP contribution in [0.25, 0.3) is 0 Å². The molecule has 1 aromatic rings. The van der Waals surface area contributed by atoms with E-state index in [4.69, 9.17) is 0 Å². The molecule has 0 atom stereocenters. The fraction of sp³-hybridized carbons (Fsp3) is 0.200. The van der Waals surface area contributed by atoms with Crippen molar-refractivity contribution in [2.24, 2.45) is 0 Å². The number of halogens is 3. The largest absolute Gasteiger partial charge is 1.00 e. The van der Waals surface area contributed by atoms with Crippen LogP contribution in [0.4, 0.5) is 18.6 Å². The number of nitrogens with one attached hydrogen (secondary N) is 1. The van der Waals surface area contributed by atoms with Gasteiger partial charge in [0, 0.05) is 0 Å². The van der Waals surface area contributed by atoms with Crippen LogP contribution in [-0.4, -0.2) is 21.5 Å². The number of hydrogen-bond acceptors (Lipinski definition) is 4. The Morgan fingerprint density at radius 2 is 1.94 bits per heavy atom. The molecule has 17 heavy (non-hydrogen) atoms. The molecular weight excluding hydrogens is 273 g/mol. The van der Waals surface area contributed by atoms with Crippen LogP contribution in [0.2, 0.25) is 0 Å². The summed E-state index contributed by atoms with van der Waals surface area (Å²) in [6.45, 7) is -5.33. The normalized spacial score (nSPS) is 10.8.